The predicted molar refractivity (Wildman–Crippen MR) is 113 cm³/mol. The Bertz CT molecular complexity index is 1070. The first kappa shape index (κ1) is 21.0. The fourth-order valence-corrected chi connectivity index (χ4v) is 3.08. The molecule has 0 aliphatic carbocycles. The Morgan fingerprint density at radius 1 is 1.00 bits per heavy atom. The van der Waals surface area contributed by atoms with Crippen LogP contribution in [0.5, 0.6) is 11.5 Å². The molecular formula is C25H21FO4. The second-order valence-corrected chi connectivity index (χ2v) is 6.57. The van der Waals surface area contributed by atoms with Gasteiger partial charge >= 0.3 is 5.97 Å². The molecule has 0 radical (unpaired) electrons. The fraction of sp³-hybridized carbons (Fsp3) is 0.120. The molecule has 0 aromatic heterocycles. The van der Waals surface area contributed by atoms with Crippen LogP contribution in [-0.2, 0) is 6.61 Å². The van der Waals surface area contributed by atoms with E-state index in [1.54, 1.807) is 43.3 Å². The summed E-state index contributed by atoms with van der Waals surface area (Å²) in [5.74, 6) is -1.15. The number of esters is 1. The van der Waals surface area contributed by atoms with Crippen LogP contribution in [0.25, 0.3) is 6.08 Å². The van der Waals surface area contributed by atoms with Crippen molar-refractivity contribution < 1.29 is 23.5 Å². The highest BCUT2D eigenvalue weighted by Gasteiger charge is 2.27. The molecule has 0 saturated carbocycles. The smallest absolute Gasteiger partial charge is 0.347 e. The van der Waals surface area contributed by atoms with E-state index in [1.165, 1.54) is 13.0 Å². The number of halogens is 1. The van der Waals surface area contributed by atoms with E-state index in [-0.39, 0.29) is 34.6 Å². The number of allylic oxidation sites excluding steroid dienone is 1. The van der Waals surface area contributed by atoms with Crippen molar-refractivity contribution >= 4 is 18.3 Å². The van der Waals surface area contributed by atoms with E-state index in [0.29, 0.717) is 12.0 Å². The number of ether oxygens (including phenoxy) is 2. The lowest BCUT2D eigenvalue weighted by atomic mass is 9.96. The molecule has 3 aromatic rings. The van der Waals surface area contributed by atoms with Gasteiger partial charge in [-0.2, -0.15) is 0 Å². The summed E-state index contributed by atoms with van der Waals surface area (Å²) in [7, 11) is 0. The molecule has 0 fully saturated rings. The van der Waals surface area contributed by atoms with Crippen molar-refractivity contribution in [2.45, 2.75) is 20.5 Å². The zero-order valence-electron chi connectivity index (χ0n) is 16.7. The van der Waals surface area contributed by atoms with Crippen molar-refractivity contribution in [3.05, 3.63) is 100 Å². The van der Waals surface area contributed by atoms with Crippen LogP contribution in [0.2, 0.25) is 0 Å². The van der Waals surface area contributed by atoms with E-state index in [2.05, 4.69) is 0 Å². The van der Waals surface area contributed by atoms with Gasteiger partial charge in [0.2, 0.25) is 0 Å². The quantitative estimate of drug-likeness (QED) is 0.285. The summed E-state index contributed by atoms with van der Waals surface area (Å²) in [4.78, 5) is 24.9. The number of carbonyl (C=O) groups is 2. The first-order valence-corrected chi connectivity index (χ1v) is 9.44. The summed E-state index contributed by atoms with van der Waals surface area (Å²) in [5, 5.41) is 0. The summed E-state index contributed by atoms with van der Waals surface area (Å²) in [6.07, 6.45) is 3.60. The SMILES string of the molecule is C/C=C/c1c(F)c(C)c(C(=O)Oc2ccccc2)c(OCc2ccccc2)c1C=O. The normalized spacial score (nSPS) is 10.8. The van der Waals surface area contributed by atoms with Gasteiger partial charge in [0.1, 0.15) is 29.5 Å². The van der Waals surface area contributed by atoms with Crippen molar-refractivity contribution in [1.82, 2.24) is 0 Å². The number of para-hydroxylation sites is 1. The number of rotatable bonds is 7. The van der Waals surface area contributed by atoms with Gasteiger partial charge in [-0.05, 0) is 31.5 Å². The van der Waals surface area contributed by atoms with Gasteiger partial charge < -0.3 is 9.47 Å². The minimum absolute atomic E-state index is 0.00165. The van der Waals surface area contributed by atoms with Gasteiger partial charge in [0.05, 0.1) is 5.56 Å². The maximum absolute atomic E-state index is 15.1. The maximum atomic E-state index is 15.1. The predicted octanol–water partition coefficient (Wildman–Crippen LogP) is 5.78. The van der Waals surface area contributed by atoms with Crippen molar-refractivity contribution in [3.8, 4) is 11.5 Å². The largest absolute Gasteiger partial charge is 0.487 e. The lowest BCUT2D eigenvalue weighted by Gasteiger charge is -2.18. The van der Waals surface area contributed by atoms with E-state index >= 15 is 4.39 Å². The van der Waals surface area contributed by atoms with Crippen LogP contribution in [-0.4, -0.2) is 12.3 Å². The number of hydrogen-bond acceptors (Lipinski definition) is 4. The molecule has 0 heterocycles. The standard InChI is InChI=1S/C25H21FO4/c1-3-10-20-21(15-27)24(29-16-18-11-6-4-7-12-18)22(17(2)23(20)26)25(28)30-19-13-8-5-9-14-19/h3-15H,16H2,1-2H3/b10-3+. The van der Waals surface area contributed by atoms with Crippen LogP contribution >= 0.6 is 0 Å². The van der Waals surface area contributed by atoms with E-state index in [1.807, 2.05) is 30.3 Å². The third-order valence-electron chi connectivity index (χ3n) is 4.54. The van der Waals surface area contributed by atoms with Crippen LogP contribution in [0.3, 0.4) is 0 Å². The highest BCUT2D eigenvalue weighted by molar-refractivity contribution is 6.00. The average Bonchev–Trinajstić information content (AvgIpc) is 2.77. The Kier molecular flexibility index (Phi) is 6.75. The summed E-state index contributed by atoms with van der Waals surface area (Å²) >= 11 is 0. The molecule has 0 aliphatic heterocycles. The summed E-state index contributed by atoms with van der Waals surface area (Å²) in [5.41, 5.74) is 0.822. The Labute approximate surface area is 174 Å². The number of benzene rings is 3. The Balaban J connectivity index is 2.11. The van der Waals surface area contributed by atoms with Gasteiger partial charge in [-0.25, -0.2) is 9.18 Å². The van der Waals surface area contributed by atoms with E-state index in [0.717, 1.165) is 5.56 Å². The molecule has 0 spiro atoms. The van der Waals surface area contributed by atoms with Crippen LogP contribution in [0.1, 0.15) is 44.3 Å². The molecule has 4 nitrogen and oxygen atoms in total. The fourth-order valence-electron chi connectivity index (χ4n) is 3.08. The van der Waals surface area contributed by atoms with E-state index in [4.69, 9.17) is 9.47 Å². The summed E-state index contributed by atoms with van der Waals surface area (Å²) in [6, 6.07) is 17.7. The Morgan fingerprint density at radius 3 is 2.23 bits per heavy atom. The third-order valence-corrected chi connectivity index (χ3v) is 4.54. The lowest BCUT2D eigenvalue weighted by molar-refractivity contribution is 0.0728. The lowest BCUT2D eigenvalue weighted by Crippen LogP contribution is -2.16. The van der Waals surface area contributed by atoms with Crippen molar-refractivity contribution in [3.63, 3.8) is 0 Å². The second-order valence-electron chi connectivity index (χ2n) is 6.57. The highest BCUT2D eigenvalue weighted by atomic mass is 19.1. The van der Waals surface area contributed by atoms with Crippen LogP contribution in [0, 0.1) is 12.7 Å². The second kappa shape index (κ2) is 9.65. The summed E-state index contributed by atoms with van der Waals surface area (Å²) < 4.78 is 26.4. The minimum atomic E-state index is -0.796. The zero-order chi connectivity index (χ0) is 21.5. The maximum Gasteiger partial charge on any atom is 0.347 e. The molecule has 0 amide bonds. The molecule has 30 heavy (non-hydrogen) atoms. The Morgan fingerprint density at radius 2 is 1.63 bits per heavy atom. The Hall–Kier alpha value is -3.73. The summed E-state index contributed by atoms with van der Waals surface area (Å²) in [6.45, 7) is 3.28. The average molecular weight is 404 g/mol. The molecule has 0 aliphatic rings. The molecule has 0 unspecified atom stereocenters. The first-order chi connectivity index (χ1) is 14.6. The van der Waals surface area contributed by atoms with Gasteiger partial charge in [-0.3, -0.25) is 4.79 Å². The highest BCUT2D eigenvalue weighted by Crippen LogP contribution is 2.34. The molecule has 3 aromatic carbocycles. The van der Waals surface area contributed by atoms with Gasteiger partial charge in [0.25, 0.3) is 0 Å². The van der Waals surface area contributed by atoms with Gasteiger partial charge in [-0.1, -0.05) is 60.7 Å². The number of carbonyl (C=O) groups excluding carboxylic acids is 2. The van der Waals surface area contributed by atoms with Gasteiger partial charge in [-0.15, -0.1) is 0 Å². The monoisotopic (exact) mass is 404 g/mol. The van der Waals surface area contributed by atoms with Crippen LogP contribution in [0.4, 0.5) is 4.39 Å². The number of hydrogen-bond donors (Lipinski definition) is 0. The zero-order valence-corrected chi connectivity index (χ0v) is 16.7. The molecule has 3 rings (SSSR count). The van der Waals surface area contributed by atoms with Crippen LogP contribution in [0.15, 0.2) is 66.7 Å². The van der Waals surface area contributed by atoms with Crippen molar-refractivity contribution in [2.24, 2.45) is 0 Å². The topological polar surface area (TPSA) is 52.6 Å². The molecular weight excluding hydrogens is 383 g/mol. The molecule has 152 valence electrons. The number of aldehydes is 1. The van der Waals surface area contributed by atoms with Crippen molar-refractivity contribution in [1.29, 1.82) is 0 Å². The molecule has 0 atom stereocenters. The van der Waals surface area contributed by atoms with Gasteiger partial charge in [0, 0.05) is 11.1 Å². The molecule has 0 bridgehead atoms. The molecule has 0 N–H and O–H groups in total. The van der Waals surface area contributed by atoms with Gasteiger partial charge in [0.15, 0.2) is 6.29 Å². The minimum Gasteiger partial charge on any atom is -0.487 e. The van der Waals surface area contributed by atoms with E-state index < -0.39 is 11.8 Å². The molecule has 0 saturated heterocycles. The molecule has 5 heteroatoms. The first-order valence-electron chi connectivity index (χ1n) is 9.44. The van der Waals surface area contributed by atoms with Crippen molar-refractivity contribution in [2.75, 3.05) is 0 Å². The van der Waals surface area contributed by atoms with Crippen LogP contribution < -0.4 is 9.47 Å². The van der Waals surface area contributed by atoms with E-state index in [9.17, 15) is 9.59 Å². The third kappa shape index (κ3) is 4.46.